The quantitative estimate of drug-likeness (QED) is 0.536. The van der Waals surface area contributed by atoms with Crippen LogP contribution in [-0.4, -0.2) is 23.1 Å². The first-order chi connectivity index (χ1) is 10.3. The number of hydrogen-bond acceptors (Lipinski definition) is 4. The molecule has 0 atom stereocenters. The highest BCUT2D eigenvalue weighted by Gasteiger charge is 2.27. The van der Waals surface area contributed by atoms with Crippen molar-refractivity contribution < 1.29 is 19.1 Å². The third-order valence-corrected chi connectivity index (χ3v) is 1.95. The third kappa shape index (κ3) is 5.12. The maximum Gasteiger partial charge on any atom is 0.305 e. The number of carbonyl (C=O) groups excluding carboxylic acids is 2. The zero-order valence-electron chi connectivity index (χ0n) is 11.9. The fraction of sp³-hybridized carbons (Fsp3) is 0.222. The van der Waals surface area contributed by atoms with Crippen molar-refractivity contribution in [2.24, 2.45) is 0 Å². The highest BCUT2D eigenvalue weighted by molar-refractivity contribution is 5.70. The molecule has 0 aromatic carbocycles. The molecule has 0 rings (SSSR count). The summed E-state index contributed by atoms with van der Waals surface area (Å²) in [6.07, 6.45) is 20.8. The number of rotatable bonds is 2. The van der Waals surface area contributed by atoms with Gasteiger partial charge in [0.2, 0.25) is 0 Å². The van der Waals surface area contributed by atoms with Crippen LogP contribution in [-0.2, 0) is 19.1 Å². The summed E-state index contributed by atoms with van der Waals surface area (Å²) < 4.78 is 9.53. The number of terminal acetylenes is 4. The molecule has 0 radical (unpaired) electrons. The first kappa shape index (κ1) is 18.3. The minimum absolute atomic E-state index is 0.709. The Kier molecular flexibility index (Phi) is 6.47. The SMILES string of the molecule is C#CC(C#C)(C#CC#CC(C#C)(C#C)OC(C)=O)OC(C)=O. The summed E-state index contributed by atoms with van der Waals surface area (Å²) in [4.78, 5) is 21.9. The second-order valence-electron chi connectivity index (χ2n) is 3.63. The molecule has 22 heavy (non-hydrogen) atoms. The van der Waals surface area contributed by atoms with Crippen molar-refractivity contribution in [3.05, 3.63) is 0 Å². The Balaban J connectivity index is 5.59. The van der Waals surface area contributed by atoms with E-state index in [2.05, 4.69) is 47.4 Å². The molecule has 0 bridgehead atoms. The Morgan fingerprint density at radius 3 is 1.18 bits per heavy atom. The third-order valence-electron chi connectivity index (χ3n) is 1.95. The van der Waals surface area contributed by atoms with Crippen LogP contribution in [0.15, 0.2) is 0 Å². The molecule has 0 saturated heterocycles. The Bertz CT molecular complexity index is 668. The van der Waals surface area contributed by atoms with E-state index in [0.29, 0.717) is 0 Å². The summed E-state index contributed by atoms with van der Waals surface area (Å²) in [5.74, 6) is 16.0. The lowest BCUT2D eigenvalue weighted by atomic mass is 10.1. The van der Waals surface area contributed by atoms with E-state index in [0.717, 1.165) is 13.8 Å². The lowest BCUT2D eigenvalue weighted by molar-refractivity contribution is -0.145. The molecule has 0 aromatic rings. The van der Waals surface area contributed by atoms with Crippen molar-refractivity contribution >= 4 is 11.9 Å². The van der Waals surface area contributed by atoms with Gasteiger partial charge in [-0.25, -0.2) is 0 Å². The molecule has 0 saturated carbocycles. The van der Waals surface area contributed by atoms with E-state index >= 15 is 0 Å². The highest BCUT2D eigenvalue weighted by atomic mass is 16.6. The van der Waals surface area contributed by atoms with Gasteiger partial charge in [0.05, 0.1) is 0 Å². The lowest BCUT2D eigenvalue weighted by Crippen LogP contribution is -2.29. The van der Waals surface area contributed by atoms with Crippen molar-refractivity contribution in [1.29, 1.82) is 0 Å². The number of hydrogen-bond donors (Lipinski definition) is 0. The first-order valence-electron chi connectivity index (χ1n) is 5.63. The maximum atomic E-state index is 11.0. The molecule has 106 valence electrons. The van der Waals surface area contributed by atoms with Crippen LogP contribution in [0.1, 0.15) is 13.8 Å². The van der Waals surface area contributed by atoms with Gasteiger partial charge in [-0.2, -0.15) is 0 Å². The average molecular weight is 290 g/mol. The summed E-state index contributed by atoms with van der Waals surface area (Å²) in [5.41, 5.74) is -3.70. The summed E-state index contributed by atoms with van der Waals surface area (Å²) in [6, 6.07) is 0. The number of carbonyl (C=O) groups is 2. The summed E-state index contributed by atoms with van der Waals surface area (Å²) in [6.45, 7) is 2.25. The van der Waals surface area contributed by atoms with Crippen LogP contribution < -0.4 is 0 Å². The van der Waals surface area contributed by atoms with Crippen LogP contribution in [0.4, 0.5) is 0 Å². The summed E-state index contributed by atoms with van der Waals surface area (Å²) in [5, 5.41) is 0. The molecule has 0 spiro atoms. The van der Waals surface area contributed by atoms with Crippen molar-refractivity contribution in [3.63, 3.8) is 0 Å². The van der Waals surface area contributed by atoms with Gasteiger partial charge in [0.1, 0.15) is 0 Å². The molecular formula is C18H10O4. The summed E-state index contributed by atoms with van der Waals surface area (Å²) >= 11 is 0. The van der Waals surface area contributed by atoms with Gasteiger partial charge < -0.3 is 9.47 Å². The van der Waals surface area contributed by atoms with Crippen LogP contribution in [0, 0.1) is 73.1 Å². The van der Waals surface area contributed by atoms with E-state index in [-0.39, 0.29) is 0 Å². The fourth-order valence-corrected chi connectivity index (χ4v) is 1.07. The molecule has 0 unspecified atom stereocenters. The van der Waals surface area contributed by atoms with Crippen molar-refractivity contribution in [1.82, 2.24) is 0 Å². The Hall–Kier alpha value is -3.70. The normalized spacial score (nSPS) is 8.82. The van der Waals surface area contributed by atoms with Crippen LogP contribution in [0.25, 0.3) is 0 Å². The van der Waals surface area contributed by atoms with E-state index in [9.17, 15) is 9.59 Å². The van der Waals surface area contributed by atoms with Crippen LogP contribution in [0.3, 0.4) is 0 Å². The molecule has 4 heteroatoms. The van der Waals surface area contributed by atoms with Gasteiger partial charge in [0.25, 0.3) is 11.2 Å². The predicted octanol–water partition coefficient (Wildman–Crippen LogP) is 0.130. The molecule has 0 aliphatic rings. The molecule has 0 aliphatic heterocycles. The molecule has 0 amide bonds. The second kappa shape index (κ2) is 7.78. The van der Waals surface area contributed by atoms with Gasteiger partial charge in [0.15, 0.2) is 0 Å². The van der Waals surface area contributed by atoms with E-state index in [4.69, 9.17) is 35.2 Å². The van der Waals surface area contributed by atoms with E-state index < -0.39 is 23.1 Å². The van der Waals surface area contributed by atoms with Crippen LogP contribution >= 0.6 is 0 Å². The number of ether oxygens (including phenoxy) is 2. The van der Waals surface area contributed by atoms with Crippen molar-refractivity contribution in [2.75, 3.05) is 0 Å². The summed E-state index contributed by atoms with van der Waals surface area (Å²) in [7, 11) is 0. The molecule has 0 heterocycles. The van der Waals surface area contributed by atoms with Gasteiger partial charge in [0, 0.05) is 13.8 Å². The Morgan fingerprint density at radius 1 is 0.727 bits per heavy atom. The van der Waals surface area contributed by atoms with Gasteiger partial charge in [-0.15, -0.1) is 25.7 Å². The minimum atomic E-state index is -1.85. The molecule has 0 fully saturated rings. The standard InChI is InChI=1S/C18H10O4/c1-7-17(8-2,21-15(5)19)13-11-12-14-18(9-3,10-4)22-16(6)20/h1-4H,5-6H3. The number of esters is 2. The minimum Gasteiger partial charge on any atom is -0.423 e. The largest absolute Gasteiger partial charge is 0.423 e. The molecule has 0 N–H and O–H groups in total. The second-order valence-corrected chi connectivity index (χ2v) is 3.63. The van der Waals surface area contributed by atoms with Crippen molar-refractivity contribution in [2.45, 2.75) is 25.0 Å². The van der Waals surface area contributed by atoms with Gasteiger partial charge in [-0.05, 0) is 47.4 Å². The lowest BCUT2D eigenvalue weighted by Gasteiger charge is -2.14. The molecule has 0 aliphatic carbocycles. The monoisotopic (exact) mass is 290 g/mol. The average Bonchev–Trinajstić information content (AvgIpc) is 2.48. The first-order valence-corrected chi connectivity index (χ1v) is 5.63. The zero-order chi connectivity index (χ0) is 17.2. The zero-order valence-corrected chi connectivity index (χ0v) is 11.9. The topological polar surface area (TPSA) is 52.6 Å². The van der Waals surface area contributed by atoms with Gasteiger partial charge in [-0.3, -0.25) is 9.59 Å². The van der Waals surface area contributed by atoms with Crippen molar-refractivity contribution in [3.8, 4) is 73.1 Å². The van der Waals surface area contributed by atoms with Crippen LogP contribution in [0.5, 0.6) is 0 Å². The predicted molar refractivity (Wildman–Crippen MR) is 79.9 cm³/mol. The van der Waals surface area contributed by atoms with Gasteiger partial charge >= 0.3 is 11.9 Å². The van der Waals surface area contributed by atoms with E-state index in [1.54, 1.807) is 0 Å². The Morgan fingerprint density at radius 2 is 1.00 bits per heavy atom. The molecule has 0 aromatic heterocycles. The fourth-order valence-electron chi connectivity index (χ4n) is 1.07. The smallest absolute Gasteiger partial charge is 0.305 e. The van der Waals surface area contributed by atoms with E-state index in [1.807, 2.05) is 0 Å². The van der Waals surface area contributed by atoms with Gasteiger partial charge in [-0.1, -0.05) is 0 Å². The molecular weight excluding hydrogens is 280 g/mol. The molecule has 4 nitrogen and oxygen atoms in total. The highest BCUT2D eigenvalue weighted by Crippen LogP contribution is 2.08. The Labute approximate surface area is 129 Å². The van der Waals surface area contributed by atoms with E-state index in [1.165, 1.54) is 0 Å². The maximum absolute atomic E-state index is 11.0. The van der Waals surface area contributed by atoms with Crippen LogP contribution in [0.2, 0.25) is 0 Å².